The van der Waals surface area contributed by atoms with E-state index >= 15 is 0 Å². The lowest BCUT2D eigenvalue weighted by atomic mass is 10.2. The van der Waals surface area contributed by atoms with Crippen molar-refractivity contribution in [2.24, 2.45) is 0 Å². The van der Waals surface area contributed by atoms with Crippen molar-refractivity contribution in [1.29, 1.82) is 0 Å². The Kier molecular flexibility index (Phi) is 3.64. The van der Waals surface area contributed by atoms with Crippen molar-refractivity contribution in [1.82, 2.24) is 15.3 Å². The Morgan fingerprint density at radius 3 is 3.00 bits per heavy atom. The molecule has 5 heteroatoms. The summed E-state index contributed by atoms with van der Waals surface area (Å²) in [7, 11) is 0. The summed E-state index contributed by atoms with van der Waals surface area (Å²) < 4.78 is 0. The summed E-state index contributed by atoms with van der Waals surface area (Å²) >= 11 is 5.34. The van der Waals surface area contributed by atoms with Crippen molar-refractivity contribution < 1.29 is 4.79 Å². The van der Waals surface area contributed by atoms with E-state index in [2.05, 4.69) is 15.3 Å². The first-order valence-corrected chi connectivity index (χ1v) is 4.38. The highest BCUT2D eigenvalue weighted by Crippen LogP contribution is 2.05. The molecule has 0 aliphatic carbocycles. The highest BCUT2D eigenvalue weighted by Gasteiger charge is 2.08. The summed E-state index contributed by atoms with van der Waals surface area (Å²) in [5, 5.41) is 2.67. The first-order chi connectivity index (χ1) is 6.24. The number of hydrogen-bond acceptors (Lipinski definition) is 3. The normalized spacial score (nSPS) is 12.2. The van der Waals surface area contributed by atoms with Gasteiger partial charge in [0.15, 0.2) is 0 Å². The quantitative estimate of drug-likeness (QED) is 0.736. The molecule has 4 nitrogen and oxygen atoms in total. The van der Waals surface area contributed by atoms with E-state index in [0.29, 0.717) is 0 Å². The molecule has 0 spiro atoms. The van der Waals surface area contributed by atoms with Crippen LogP contribution in [0.1, 0.15) is 18.7 Å². The average molecular weight is 200 g/mol. The second-order valence-electron chi connectivity index (χ2n) is 2.55. The molecule has 1 amide bonds. The summed E-state index contributed by atoms with van der Waals surface area (Å²) in [5.41, 5.74) is 0.723. The SMILES string of the molecule is C[C@@H](NC(=O)CCl)c1cnccn1. The number of nitrogens with one attached hydrogen (secondary N) is 1. The summed E-state index contributed by atoms with van der Waals surface area (Å²) in [5.74, 6) is -0.246. The first kappa shape index (κ1) is 9.92. The molecule has 13 heavy (non-hydrogen) atoms. The fraction of sp³-hybridized carbons (Fsp3) is 0.375. The summed E-state index contributed by atoms with van der Waals surface area (Å²) in [6.07, 6.45) is 4.78. The first-order valence-electron chi connectivity index (χ1n) is 3.85. The van der Waals surface area contributed by atoms with Crippen LogP contribution in [-0.2, 0) is 4.79 Å². The number of alkyl halides is 1. The number of rotatable bonds is 3. The molecular weight excluding hydrogens is 190 g/mol. The Bertz CT molecular complexity index is 278. The van der Waals surface area contributed by atoms with E-state index in [4.69, 9.17) is 11.6 Å². The molecule has 0 aliphatic rings. The van der Waals surface area contributed by atoms with Crippen molar-refractivity contribution in [2.75, 3.05) is 5.88 Å². The lowest BCUT2D eigenvalue weighted by Crippen LogP contribution is -2.28. The number of carbonyl (C=O) groups is 1. The zero-order valence-corrected chi connectivity index (χ0v) is 7.95. The second kappa shape index (κ2) is 4.77. The Morgan fingerprint density at radius 1 is 1.69 bits per heavy atom. The molecule has 0 unspecified atom stereocenters. The number of halogens is 1. The predicted octanol–water partition coefficient (Wildman–Crippen LogP) is 0.893. The number of hydrogen-bond donors (Lipinski definition) is 1. The fourth-order valence-corrected chi connectivity index (χ4v) is 0.965. The molecule has 1 N–H and O–H groups in total. The molecule has 0 bridgehead atoms. The van der Waals surface area contributed by atoms with Gasteiger partial charge in [-0.05, 0) is 6.92 Å². The van der Waals surface area contributed by atoms with Crippen molar-refractivity contribution in [3.05, 3.63) is 24.3 Å². The third kappa shape index (κ3) is 2.99. The zero-order chi connectivity index (χ0) is 9.68. The van der Waals surface area contributed by atoms with Gasteiger partial charge >= 0.3 is 0 Å². The summed E-state index contributed by atoms with van der Waals surface area (Å²) in [6.45, 7) is 1.83. The van der Waals surface area contributed by atoms with Crippen LogP contribution in [-0.4, -0.2) is 21.8 Å². The van der Waals surface area contributed by atoms with Gasteiger partial charge in [0, 0.05) is 12.4 Å². The van der Waals surface area contributed by atoms with Crippen LogP contribution in [0, 0.1) is 0 Å². The average Bonchev–Trinajstić information content (AvgIpc) is 2.19. The van der Waals surface area contributed by atoms with Crippen LogP contribution >= 0.6 is 11.6 Å². The number of amides is 1. The van der Waals surface area contributed by atoms with Crippen LogP contribution in [0.15, 0.2) is 18.6 Å². The Balaban J connectivity index is 2.59. The lowest BCUT2D eigenvalue weighted by molar-refractivity contribution is -0.119. The number of carbonyl (C=O) groups excluding carboxylic acids is 1. The van der Waals surface area contributed by atoms with Gasteiger partial charge in [0.25, 0.3) is 0 Å². The molecule has 1 rings (SSSR count). The van der Waals surface area contributed by atoms with Gasteiger partial charge in [-0.3, -0.25) is 14.8 Å². The van der Waals surface area contributed by atoms with E-state index in [1.54, 1.807) is 18.6 Å². The van der Waals surface area contributed by atoms with Crippen LogP contribution in [0.3, 0.4) is 0 Å². The molecule has 0 fully saturated rings. The van der Waals surface area contributed by atoms with Crippen LogP contribution in [0.4, 0.5) is 0 Å². The summed E-state index contributed by atoms with van der Waals surface area (Å²) in [6, 6.07) is -0.153. The number of aromatic nitrogens is 2. The fourth-order valence-electron chi connectivity index (χ4n) is 0.888. The Morgan fingerprint density at radius 2 is 2.46 bits per heavy atom. The largest absolute Gasteiger partial charge is 0.347 e. The maximum absolute atomic E-state index is 10.9. The van der Waals surface area contributed by atoms with Gasteiger partial charge in [0.1, 0.15) is 5.88 Å². The van der Waals surface area contributed by atoms with Gasteiger partial charge in [0.05, 0.1) is 17.9 Å². The molecule has 1 aromatic rings. The third-order valence-corrected chi connectivity index (χ3v) is 1.77. The van der Waals surface area contributed by atoms with Gasteiger partial charge in [-0.15, -0.1) is 11.6 Å². The molecular formula is C8H10ClN3O. The molecule has 0 radical (unpaired) electrons. The van der Waals surface area contributed by atoms with E-state index in [9.17, 15) is 4.79 Å². The Labute approximate surface area is 81.3 Å². The van der Waals surface area contributed by atoms with Gasteiger partial charge < -0.3 is 5.32 Å². The minimum atomic E-state index is -0.209. The molecule has 70 valence electrons. The predicted molar refractivity (Wildman–Crippen MR) is 49.3 cm³/mol. The van der Waals surface area contributed by atoms with Crippen molar-refractivity contribution >= 4 is 17.5 Å². The third-order valence-electron chi connectivity index (χ3n) is 1.53. The van der Waals surface area contributed by atoms with E-state index in [1.165, 1.54) is 0 Å². The number of nitrogens with zero attached hydrogens (tertiary/aromatic N) is 2. The lowest BCUT2D eigenvalue weighted by Gasteiger charge is -2.10. The van der Waals surface area contributed by atoms with Crippen molar-refractivity contribution in [2.45, 2.75) is 13.0 Å². The van der Waals surface area contributed by atoms with E-state index in [1.807, 2.05) is 6.92 Å². The molecule has 0 aromatic carbocycles. The van der Waals surface area contributed by atoms with Gasteiger partial charge in [-0.1, -0.05) is 0 Å². The van der Waals surface area contributed by atoms with Gasteiger partial charge in [-0.25, -0.2) is 0 Å². The highest BCUT2D eigenvalue weighted by molar-refractivity contribution is 6.27. The molecule has 0 saturated carbocycles. The standard InChI is InChI=1S/C8H10ClN3O/c1-6(12-8(13)4-9)7-5-10-2-3-11-7/h2-3,5-6H,4H2,1H3,(H,12,13)/t6-/m1/s1. The van der Waals surface area contributed by atoms with Crippen LogP contribution in [0.2, 0.25) is 0 Å². The summed E-state index contributed by atoms with van der Waals surface area (Å²) in [4.78, 5) is 18.8. The van der Waals surface area contributed by atoms with Gasteiger partial charge in [0.2, 0.25) is 5.91 Å². The van der Waals surface area contributed by atoms with Crippen molar-refractivity contribution in [3.8, 4) is 0 Å². The topological polar surface area (TPSA) is 54.9 Å². The highest BCUT2D eigenvalue weighted by atomic mass is 35.5. The minimum absolute atomic E-state index is 0.0371. The maximum Gasteiger partial charge on any atom is 0.235 e. The minimum Gasteiger partial charge on any atom is -0.347 e. The monoisotopic (exact) mass is 199 g/mol. The molecule has 0 saturated heterocycles. The Hall–Kier alpha value is -1.16. The molecule has 1 atom stereocenters. The smallest absolute Gasteiger partial charge is 0.235 e. The van der Waals surface area contributed by atoms with Crippen LogP contribution in [0.5, 0.6) is 0 Å². The van der Waals surface area contributed by atoms with Crippen LogP contribution < -0.4 is 5.32 Å². The van der Waals surface area contributed by atoms with E-state index in [0.717, 1.165) is 5.69 Å². The zero-order valence-electron chi connectivity index (χ0n) is 7.20. The maximum atomic E-state index is 10.9. The molecule has 1 heterocycles. The van der Waals surface area contributed by atoms with Crippen LogP contribution in [0.25, 0.3) is 0 Å². The van der Waals surface area contributed by atoms with E-state index < -0.39 is 0 Å². The van der Waals surface area contributed by atoms with Gasteiger partial charge in [-0.2, -0.15) is 0 Å². The van der Waals surface area contributed by atoms with Crippen molar-refractivity contribution in [3.63, 3.8) is 0 Å². The molecule has 1 aromatic heterocycles. The van der Waals surface area contributed by atoms with E-state index in [-0.39, 0.29) is 17.8 Å². The molecule has 0 aliphatic heterocycles. The second-order valence-corrected chi connectivity index (χ2v) is 2.82.